The second kappa shape index (κ2) is 15.3. The van der Waals surface area contributed by atoms with Gasteiger partial charge in [-0.1, -0.05) is 67.6 Å². The van der Waals surface area contributed by atoms with Crippen LogP contribution in [0.5, 0.6) is 0 Å². The molecule has 0 aromatic heterocycles. The highest BCUT2D eigenvalue weighted by atomic mass is 16.5. The molecule has 1 spiro atoms. The monoisotopic (exact) mass is 578 g/mol. The molecule has 2 aliphatic rings. The van der Waals surface area contributed by atoms with Crippen LogP contribution in [-0.2, 0) is 37.1 Å². The summed E-state index contributed by atoms with van der Waals surface area (Å²) in [5, 5.41) is 5.71. The number of hydrogen-bond donors (Lipinski definition) is 2. The van der Waals surface area contributed by atoms with Crippen LogP contribution >= 0.6 is 0 Å². The Hall–Kier alpha value is -3.92. The molecule has 42 heavy (non-hydrogen) atoms. The lowest BCUT2D eigenvalue weighted by atomic mass is 9.81. The van der Waals surface area contributed by atoms with E-state index in [9.17, 15) is 19.2 Å². The minimum Gasteiger partial charge on any atom is -0.445 e. The number of nitrogens with one attached hydrogen (secondary N) is 2. The number of piperidine rings is 1. The molecule has 0 saturated carbocycles. The lowest BCUT2D eigenvalue weighted by Crippen LogP contribution is -2.73. The molecule has 2 heterocycles. The third kappa shape index (κ3) is 8.09. The topological polar surface area (TPSA) is 117 Å². The van der Waals surface area contributed by atoms with Crippen LogP contribution in [0.4, 0.5) is 4.79 Å². The zero-order valence-corrected chi connectivity index (χ0v) is 24.4. The van der Waals surface area contributed by atoms with Crippen LogP contribution in [0.25, 0.3) is 0 Å². The maximum absolute atomic E-state index is 13.5. The van der Waals surface area contributed by atoms with Gasteiger partial charge in [0.05, 0.1) is 6.61 Å². The summed E-state index contributed by atoms with van der Waals surface area (Å²) in [6.07, 6.45) is 2.86. The third-order valence-electron chi connectivity index (χ3n) is 7.94. The first-order valence-corrected chi connectivity index (χ1v) is 14.9. The van der Waals surface area contributed by atoms with Crippen LogP contribution < -0.4 is 10.6 Å². The molecule has 2 fully saturated rings. The fraction of sp³-hybridized carbons (Fsp3) is 0.500. The number of carbonyl (C=O) groups is 4. The Morgan fingerprint density at radius 1 is 0.952 bits per heavy atom. The molecule has 2 N–H and O–H groups in total. The smallest absolute Gasteiger partial charge is 0.407 e. The highest BCUT2D eigenvalue weighted by molar-refractivity contribution is 6.00. The SMILES string of the molecule is CCCN1C(=O)[C@H](CCCCNC(=O)OCc2ccccc2)NC(=O)C12CCN(C(=O)COCc1ccccc1)CC2. The number of alkyl carbamates (subject to hydrolysis) is 1. The van der Waals surface area contributed by atoms with Gasteiger partial charge in [0, 0.05) is 26.2 Å². The van der Waals surface area contributed by atoms with Crippen LogP contribution in [0.15, 0.2) is 60.7 Å². The first-order valence-electron chi connectivity index (χ1n) is 14.9. The number of likely N-dealkylation sites (tertiary alicyclic amines) is 1. The Kier molecular flexibility index (Phi) is 11.3. The zero-order valence-electron chi connectivity index (χ0n) is 24.4. The summed E-state index contributed by atoms with van der Waals surface area (Å²) in [6.45, 7) is 4.24. The molecule has 10 heteroatoms. The van der Waals surface area contributed by atoms with Crippen LogP contribution in [0.3, 0.4) is 0 Å². The number of ether oxygens (including phenoxy) is 2. The Balaban J connectivity index is 1.20. The van der Waals surface area contributed by atoms with Crippen molar-refractivity contribution >= 4 is 23.8 Å². The van der Waals surface area contributed by atoms with Gasteiger partial charge in [0.2, 0.25) is 17.7 Å². The molecule has 0 bridgehead atoms. The molecule has 2 aliphatic heterocycles. The van der Waals surface area contributed by atoms with E-state index in [1.54, 1.807) is 9.80 Å². The van der Waals surface area contributed by atoms with Crippen molar-refractivity contribution in [3.8, 4) is 0 Å². The van der Waals surface area contributed by atoms with E-state index in [1.807, 2.05) is 67.6 Å². The van der Waals surface area contributed by atoms with Crippen molar-refractivity contribution in [1.29, 1.82) is 0 Å². The average Bonchev–Trinajstić information content (AvgIpc) is 3.02. The van der Waals surface area contributed by atoms with Crippen molar-refractivity contribution in [3.63, 3.8) is 0 Å². The predicted molar refractivity (Wildman–Crippen MR) is 157 cm³/mol. The van der Waals surface area contributed by atoms with Gasteiger partial charge in [-0.25, -0.2) is 4.79 Å². The van der Waals surface area contributed by atoms with Gasteiger partial charge in [0.1, 0.15) is 24.8 Å². The summed E-state index contributed by atoms with van der Waals surface area (Å²) in [7, 11) is 0. The van der Waals surface area contributed by atoms with Gasteiger partial charge in [0.15, 0.2) is 0 Å². The molecule has 1 atom stereocenters. The van der Waals surface area contributed by atoms with E-state index in [-0.39, 0.29) is 30.9 Å². The van der Waals surface area contributed by atoms with Crippen molar-refractivity contribution in [1.82, 2.24) is 20.4 Å². The van der Waals surface area contributed by atoms with Gasteiger partial charge in [-0.2, -0.15) is 0 Å². The van der Waals surface area contributed by atoms with Crippen LogP contribution in [0.1, 0.15) is 56.6 Å². The van der Waals surface area contributed by atoms with Gasteiger partial charge < -0.3 is 29.9 Å². The van der Waals surface area contributed by atoms with E-state index >= 15 is 0 Å². The van der Waals surface area contributed by atoms with E-state index in [0.717, 1.165) is 17.5 Å². The fourth-order valence-corrected chi connectivity index (χ4v) is 5.60. The van der Waals surface area contributed by atoms with Gasteiger partial charge in [0.25, 0.3) is 0 Å². The van der Waals surface area contributed by atoms with Crippen molar-refractivity contribution in [2.45, 2.75) is 70.2 Å². The number of nitrogens with zero attached hydrogens (tertiary/aromatic N) is 2. The minimum absolute atomic E-state index is 0.0205. The molecule has 2 aromatic rings. The van der Waals surface area contributed by atoms with Crippen LogP contribution in [-0.4, -0.2) is 78.0 Å². The Morgan fingerprint density at radius 3 is 2.24 bits per heavy atom. The Bertz CT molecular complexity index is 1180. The van der Waals surface area contributed by atoms with Crippen molar-refractivity contribution in [3.05, 3.63) is 71.8 Å². The molecule has 2 aromatic carbocycles. The molecule has 0 aliphatic carbocycles. The zero-order chi connectivity index (χ0) is 29.8. The quantitative estimate of drug-likeness (QED) is 0.352. The van der Waals surface area contributed by atoms with Crippen LogP contribution in [0.2, 0.25) is 0 Å². The largest absolute Gasteiger partial charge is 0.445 e. The number of carbonyl (C=O) groups excluding carboxylic acids is 4. The maximum Gasteiger partial charge on any atom is 0.407 e. The molecule has 0 radical (unpaired) electrons. The van der Waals surface area contributed by atoms with E-state index in [4.69, 9.17) is 9.47 Å². The van der Waals surface area contributed by atoms with Crippen LogP contribution in [0, 0.1) is 0 Å². The Labute approximate surface area is 247 Å². The lowest BCUT2D eigenvalue weighted by molar-refractivity contribution is -0.163. The molecule has 4 amide bonds. The molecule has 10 nitrogen and oxygen atoms in total. The number of hydrogen-bond acceptors (Lipinski definition) is 6. The fourth-order valence-electron chi connectivity index (χ4n) is 5.60. The number of piperazine rings is 1. The van der Waals surface area contributed by atoms with E-state index in [0.29, 0.717) is 64.9 Å². The van der Waals surface area contributed by atoms with Gasteiger partial charge in [-0.15, -0.1) is 0 Å². The summed E-state index contributed by atoms with van der Waals surface area (Å²) in [5.74, 6) is -0.325. The van der Waals surface area contributed by atoms with E-state index in [1.165, 1.54) is 0 Å². The minimum atomic E-state index is -0.935. The summed E-state index contributed by atoms with van der Waals surface area (Å²) >= 11 is 0. The summed E-state index contributed by atoms with van der Waals surface area (Å²) in [6, 6.07) is 18.6. The molecule has 4 rings (SSSR count). The maximum atomic E-state index is 13.5. The van der Waals surface area contributed by atoms with Crippen molar-refractivity contribution < 1.29 is 28.7 Å². The highest BCUT2D eigenvalue weighted by Gasteiger charge is 2.53. The van der Waals surface area contributed by atoms with Crippen molar-refractivity contribution in [2.75, 3.05) is 32.8 Å². The normalized spacial score (nSPS) is 18.1. The Morgan fingerprint density at radius 2 is 1.60 bits per heavy atom. The average molecular weight is 579 g/mol. The van der Waals surface area contributed by atoms with Gasteiger partial charge in [-0.3, -0.25) is 14.4 Å². The molecular formula is C32H42N4O6. The number of rotatable bonds is 13. The lowest BCUT2D eigenvalue weighted by Gasteiger charge is -2.51. The number of unbranched alkanes of at least 4 members (excludes halogenated alkanes) is 1. The van der Waals surface area contributed by atoms with Crippen molar-refractivity contribution in [2.24, 2.45) is 0 Å². The predicted octanol–water partition coefficient (Wildman–Crippen LogP) is 3.40. The third-order valence-corrected chi connectivity index (χ3v) is 7.94. The first-order chi connectivity index (χ1) is 20.4. The molecule has 2 saturated heterocycles. The summed E-state index contributed by atoms with van der Waals surface area (Å²) < 4.78 is 10.8. The van der Waals surface area contributed by atoms with E-state index < -0.39 is 17.7 Å². The summed E-state index contributed by atoms with van der Waals surface area (Å²) in [5.41, 5.74) is 0.983. The first kappa shape index (κ1) is 31.0. The van der Waals surface area contributed by atoms with Gasteiger partial charge >= 0.3 is 6.09 Å². The number of benzene rings is 2. The highest BCUT2D eigenvalue weighted by Crippen LogP contribution is 2.34. The second-order valence-corrected chi connectivity index (χ2v) is 10.9. The molecular weight excluding hydrogens is 536 g/mol. The second-order valence-electron chi connectivity index (χ2n) is 10.9. The molecule has 0 unspecified atom stereocenters. The van der Waals surface area contributed by atoms with Gasteiger partial charge in [-0.05, 0) is 49.7 Å². The summed E-state index contributed by atoms with van der Waals surface area (Å²) in [4.78, 5) is 55.2. The number of amides is 4. The van der Waals surface area contributed by atoms with E-state index in [2.05, 4.69) is 10.6 Å². The standard InChI is InChI=1S/C32H42N4O6/c1-2-19-36-29(38)27(15-9-10-18-33-31(40)42-23-26-13-7-4-8-14-26)34-30(39)32(36)16-20-35(21-17-32)28(37)24-41-22-25-11-5-3-6-12-25/h3-8,11-14,27H,2,9-10,15-24H2,1H3,(H,33,40)(H,34,39)/t27-/m0/s1. The molecule has 226 valence electrons.